The minimum Gasteiger partial charge on any atom is -0.497 e. The normalized spacial score (nSPS) is 10.4. The molecule has 0 radical (unpaired) electrons. The molecule has 0 fully saturated rings. The smallest absolute Gasteiger partial charge is 0.277 e. The Morgan fingerprint density at radius 2 is 2.04 bits per heavy atom. The van der Waals surface area contributed by atoms with Crippen LogP contribution in [0.4, 0.5) is 11.4 Å². The molecule has 0 unspecified atom stereocenters. The molecule has 1 N–H and O–H groups in total. The van der Waals surface area contributed by atoms with E-state index in [2.05, 4.69) is 15.5 Å². The van der Waals surface area contributed by atoms with Crippen molar-refractivity contribution in [3.8, 4) is 17.2 Å². The Bertz CT molecular complexity index is 958. The van der Waals surface area contributed by atoms with Gasteiger partial charge in [0.05, 0.1) is 17.8 Å². The number of methoxy groups -OCH3 is 1. The van der Waals surface area contributed by atoms with Gasteiger partial charge in [-0.2, -0.15) is 0 Å². The fraction of sp³-hybridized carbons (Fsp3) is 0.118. The van der Waals surface area contributed by atoms with Crippen LogP contribution < -0.4 is 10.1 Å². The number of carbonyl (C=O) groups excluding carboxylic acids is 1. The maximum absolute atomic E-state index is 12.0. The Hall–Kier alpha value is -3.40. The molecule has 1 aromatic heterocycles. The Balaban J connectivity index is 1.57. The number of thioether (sulfide) groups is 1. The molecule has 10 heteroatoms. The van der Waals surface area contributed by atoms with Gasteiger partial charge in [0.25, 0.3) is 10.9 Å². The molecule has 27 heavy (non-hydrogen) atoms. The summed E-state index contributed by atoms with van der Waals surface area (Å²) in [6.45, 7) is 0. The molecule has 0 aliphatic rings. The predicted molar refractivity (Wildman–Crippen MR) is 98.7 cm³/mol. The number of benzene rings is 2. The van der Waals surface area contributed by atoms with E-state index in [1.165, 1.54) is 24.3 Å². The minimum absolute atomic E-state index is 0.0259. The summed E-state index contributed by atoms with van der Waals surface area (Å²) in [6.07, 6.45) is 0. The standard InChI is InChI=1S/C17H14N4O5S/c1-25-14-4-2-3-12(9-14)18-15(22)10-27-17-20-19-16(26-17)11-5-7-13(8-6-11)21(23)24/h2-9H,10H2,1H3,(H,18,22). The van der Waals surface area contributed by atoms with Crippen molar-refractivity contribution in [1.82, 2.24) is 10.2 Å². The summed E-state index contributed by atoms with van der Waals surface area (Å²) in [5.74, 6) is 0.716. The molecule has 0 aliphatic carbocycles. The van der Waals surface area contributed by atoms with Gasteiger partial charge in [-0.15, -0.1) is 10.2 Å². The van der Waals surface area contributed by atoms with Crippen molar-refractivity contribution in [3.63, 3.8) is 0 Å². The lowest BCUT2D eigenvalue weighted by Crippen LogP contribution is -2.13. The molecular weight excluding hydrogens is 372 g/mol. The van der Waals surface area contributed by atoms with Gasteiger partial charge in [-0.25, -0.2) is 0 Å². The summed E-state index contributed by atoms with van der Waals surface area (Å²) in [7, 11) is 1.55. The average Bonchev–Trinajstić information content (AvgIpc) is 3.15. The first-order valence-electron chi connectivity index (χ1n) is 7.70. The van der Waals surface area contributed by atoms with Gasteiger partial charge >= 0.3 is 0 Å². The van der Waals surface area contributed by atoms with Gasteiger partial charge < -0.3 is 14.5 Å². The van der Waals surface area contributed by atoms with E-state index in [0.717, 1.165) is 11.8 Å². The van der Waals surface area contributed by atoms with Crippen LogP contribution in [0.3, 0.4) is 0 Å². The molecule has 3 rings (SSSR count). The molecule has 9 nitrogen and oxygen atoms in total. The van der Waals surface area contributed by atoms with E-state index >= 15 is 0 Å². The number of anilines is 1. The van der Waals surface area contributed by atoms with Crippen molar-refractivity contribution in [2.75, 3.05) is 18.2 Å². The van der Waals surface area contributed by atoms with Crippen molar-refractivity contribution in [2.45, 2.75) is 5.22 Å². The number of nitro benzene ring substituents is 1. The maximum Gasteiger partial charge on any atom is 0.277 e. The van der Waals surface area contributed by atoms with Crippen LogP contribution in [0.2, 0.25) is 0 Å². The summed E-state index contributed by atoms with van der Waals surface area (Å²) < 4.78 is 10.6. The fourth-order valence-corrected chi connectivity index (χ4v) is 2.70. The van der Waals surface area contributed by atoms with Crippen molar-refractivity contribution in [1.29, 1.82) is 0 Å². The average molecular weight is 386 g/mol. The summed E-state index contributed by atoms with van der Waals surface area (Å²) in [6, 6.07) is 12.8. The summed E-state index contributed by atoms with van der Waals surface area (Å²) in [4.78, 5) is 22.2. The zero-order valence-corrected chi connectivity index (χ0v) is 14.9. The Kier molecular flexibility index (Phi) is 5.67. The molecule has 0 spiro atoms. The van der Waals surface area contributed by atoms with Crippen LogP contribution in [0.1, 0.15) is 0 Å². The van der Waals surface area contributed by atoms with Crippen molar-refractivity contribution in [3.05, 3.63) is 58.6 Å². The fourth-order valence-electron chi connectivity index (χ4n) is 2.14. The van der Waals surface area contributed by atoms with Crippen LogP contribution in [0.25, 0.3) is 11.5 Å². The van der Waals surface area contributed by atoms with Crippen molar-refractivity contribution < 1.29 is 18.9 Å². The Morgan fingerprint density at radius 1 is 1.26 bits per heavy atom. The van der Waals surface area contributed by atoms with E-state index in [-0.39, 0.29) is 28.5 Å². The predicted octanol–water partition coefficient (Wildman–Crippen LogP) is 3.38. The van der Waals surface area contributed by atoms with Gasteiger partial charge in [0, 0.05) is 29.4 Å². The number of aromatic nitrogens is 2. The lowest BCUT2D eigenvalue weighted by Gasteiger charge is -2.05. The SMILES string of the molecule is COc1cccc(NC(=O)CSc2nnc(-c3ccc([N+](=O)[O-])cc3)o2)c1. The molecule has 1 amide bonds. The number of ether oxygens (including phenoxy) is 1. The molecular formula is C17H14N4O5S. The van der Waals surface area contributed by atoms with E-state index in [1.54, 1.807) is 31.4 Å². The van der Waals surface area contributed by atoms with Crippen LogP contribution in [-0.2, 0) is 4.79 Å². The third kappa shape index (κ3) is 4.82. The number of hydrogen-bond acceptors (Lipinski definition) is 8. The van der Waals surface area contributed by atoms with Gasteiger partial charge in [0.1, 0.15) is 5.75 Å². The van der Waals surface area contributed by atoms with Crippen molar-refractivity contribution >= 4 is 29.0 Å². The molecule has 138 valence electrons. The number of amides is 1. The summed E-state index contributed by atoms with van der Waals surface area (Å²) >= 11 is 1.09. The lowest BCUT2D eigenvalue weighted by atomic mass is 10.2. The Labute approximate surface area is 157 Å². The summed E-state index contributed by atoms with van der Waals surface area (Å²) in [5.41, 5.74) is 1.15. The highest BCUT2D eigenvalue weighted by molar-refractivity contribution is 7.99. The number of nitrogens with zero attached hydrogens (tertiary/aromatic N) is 3. The molecule has 0 saturated carbocycles. The number of nitrogens with one attached hydrogen (secondary N) is 1. The first-order chi connectivity index (χ1) is 13.0. The largest absolute Gasteiger partial charge is 0.497 e. The second kappa shape index (κ2) is 8.32. The van der Waals surface area contributed by atoms with Gasteiger partial charge in [-0.05, 0) is 24.3 Å². The number of hydrogen-bond donors (Lipinski definition) is 1. The highest BCUT2D eigenvalue weighted by atomic mass is 32.2. The van der Waals surface area contributed by atoms with Crippen molar-refractivity contribution in [2.24, 2.45) is 0 Å². The second-order valence-corrected chi connectivity index (χ2v) is 6.17. The zero-order chi connectivity index (χ0) is 19.2. The zero-order valence-electron chi connectivity index (χ0n) is 14.1. The molecule has 0 saturated heterocycles. The lowest BCUT2D eigenvalue weighted by molar-refractivity contribution is -0.384. The number of non-ortho nitro benzene ring substituents is 1. The molecule has 2 aromatic carbocycles. The van der Waals surface area contributed by atoms with Gasteiger partial charge in [0.2, 0.25) is 11.8 Å². The second-order valence-electron chi connectivity index (χ2n) is 5.25. The molecule has 3 aromatic rings. The highest BCUT2D eigenvalue weighted by Gasteiger charge is 2.13. The first-order valence-corrected chi connectivity index (χ1v) is 8.69. The number of nitro groups is 1. The number of rotatable bonds is 7. The van der Waals surface area contributed by atoms with E-state index in [1.807, 2.05) is 0 Å². The molecule has 1 heterocycles. The number of carbonyl (C=O) groups is 1. The van der Waals surface area contributed by atoms with Crippen LogP contribution in [0, 0.1) is 10.1 Å². The van der Waals surface area contributed by atoms with Crippen LogP contribution in [0.5, 0.6) is 5.75 Å². The third-order valence-corrected chi connectivity index (χ3v) is 4.23. The topological polar surface area (TPSA) is 120 Å². The van der Waals surface area contributed by atoms with E-state index in [4.69, 9.17) is 9.15 Å². The van der Waals surface area contributed by atoms with Crippen LogP contribution >= 0.6 is 11.8 Å². The maximum atomic E-state index is 12.0. The van der Waals surface area contributed by atoms with E-state index in [9.17, 15) is 14.9 Å². The molecule has 0 atom stereocenters. The van der Waals surface area contributed by atoms with Crippen LogP contribution in [-0.4, -0.2) is 33.9 Å². The van der Waals surface area contributed by atoms with E-state index < -0.39 is 4.92 Å². The van der Waals surface area contributed by atoms with Crippen LogP contribution in [0.15, 0.2) is 58.2 Å². The first kappa shape index (κ1) is 18.4. The minimum atomic E-state index is -0.486. The molecule has 0 bridgehead atoms. The third-order valence-electron chi connectivity index (χ3n) is 3.41. The van der Waals surface area contributed by atoms with E-state index in [0.29, 0.717) is 17.0 Å². The quantitative estimate of drug-likeness (QED) is 0.373. The Morgan fingerprint density at radius 3 is 2.74 bits per heavy atom. The van der Waals surface area contributed by atoms with Gasteiger partial charge in [-0.1, -0.05) is 17.8 Å². The monoisotopic (exact) mass is 386 g/mol. The summed E-state index contributed by atoms with van der Waals surface area (Å²) in [5, 5.41) is 21.4. The molecule has 0 aliphatic heterocycles. The van der Waals surface area contributed by atoms with Gasteiger partial charge in [-0.3, -0.25) is 14.9 Å². The highest BCUT2D eigenvalue weighted by Crippen LogP contribution is 2.25. The van der Waals surface area contributed by atoms with Gasteiger partial charge in [0.15, 0.2) is 0 Å².